The van der Waals surface area contributed by atoms with Crippen molar-refractivity contribution in [2.75, 3.05) is 0 Å². The average molecular weight is 257 g/mol. The first-order valence-electron chi connectivity index (χ1n) is 6.46. The Labute approximate surface area is 112 Å². The first-order chi connectivity index (χ1) is 9.25. The van der Waals surface area contributed by atoms with Crippen LogP contribution in [0.3, 0.4) is 0 Å². The van der Waals surface area contributed by atoms with Crippen LogP contribution in [0.25, 0.3) is 0 Å². The second-order valence-electron chi connectivity index (χ2n) is 4.93. The maximum absolute atomic E-state index is 13.9. The molecule has 0 heterocycles. The summed E-state index contributed by atoms with van der Waals surface area (Å²) in [6, 6.07) is 14.9. The maximum atomic E-state index is 13.9. The van der Waals surface area contributed by atoms with E-state index in [2.05, 4.69) is 0 Å². The van der Waals surface area contributed by atoms with Crippen LogP contribution in [-0.4, -0.2) is 6.04 Å². The zero-order chi connectivity index (χ0) is 13.2. The first-order valence-corrected chi connectivity index (χ1v) is 6.46. The van der Waals surface area contributed by atoms with Crippen molar-refractivity contribution >= 4 is 0 Å². The van der Waals surface area contributed by atoms with E-state index in [0.29, 0.717) is 17.9 Å². The second kappa shape index (κ2) is 5.02. The van der Waals surface area contributed by atoms with Crippen molar-refractivity contribution in [1.29, 1.82) is 0 Å². The van der Waals surface area contributed by atoms with Crippen LogP contribution in [0.2, 0.25) is 0 Å². The third kappa shape index (κ3) is 2.61. The van der Waals surface area contributed by atoms with Crippen LogP contribution >= 0.6 is 0 Å². The molecule has 0 spiro atoms. The molecule has 2 nitrogen and oxygen atoms in total. The highest BCUT2D eigenvalue weighted by Gasteiger charge is 2.39. The Morgan fingerprint density at radius 1 is 1.11 bits per heavy atom. The van der Waals surface area contributed by atoms with Crippen molar-refractivity contribution in [2.45, 2.75) is 25.0 Å². The number of nitrogens with two attached hydrogens (primary N) is 1. The van der Waals surface area contributed by atoms with Gasteiger partial charge in [0.1, 0.15) is 18.2 Å². The molecule has 1 aliphatic rings. The molecule has 1 saturated carbocycles. The van der Waals surface area contributed by atoms with Gasteiger partial charge in [-0.3, -0.25) is 0 Å². The molecule has 3 heteroatoms. The molecule has 0 saturated heterocycles. The van der Waals surface area contributed by atoms with E-state index in [1.807, 2.05) is 36.4 Å². The predicted molar refractivity (Wildman–Crippen MR) is 72.5 cm³/mol. The van der Waals surface area contributed by atoms with Crippen LogP contribution < -0.4 is 10.5 Å². The fraction of sp³-hybridized carbons (Fsp3) is 0.250. The lowest BCUT2D eigenvalue weighted by molar-refractivity contribution is 0.300. The lowest BCUT2D eigenvalue weighted by Crippen LogP contribution is -2.05. The predicted octanol–water partition coefficient (Wildman–Crippen LogP) is 3.22. The lowest BCUT2D eigenvalue weighted by atomic mass is 10.1. The normalized spacial score (nSPS) is 21.2. The van der Waals surface area contributed by atoms with E-state index >= 15 is 0 Å². The topological polar surface area (TPSA) is 35.2 Å². The van der Waals surface area contributed by atoms with E-state index in [9.17, 15) is 4.39 Å². The van der Waals surface area contributed by atoms with Crippen LogP contribution in [0.4, 0.5) is 4.39 Å². The van der Waals surface area contributed by atoms with Crippen molar-refractivity contribution in [3.05, 3.63) is 65.5 Å². The number of benzene rings is 2. The fourth-order valence-electron chi connectivity index (χ4n) is 2.28. The van der Waals surface area contributed by atoms with Gasteiger partial charge in [-0.1, -0.05) is 36.4 Å². The van der Waals surface area contributed by atoms with Crippen molar-refractivity contribution in [3.63, 3.8) is 0 Å². The molecular weight excluding hydrogens is 241 g/mol. The third-order valence-electron chi connectivity index (χ3n) is 3.46. The van der Waals surface area contributed by atoms with Gasteiger partial charge >= 0.3 is 0 Å². The van der Waals surface area contributed by atoms with Gasteiger partial charge < -0.3 is 10.5 Å². The monoisotopic (exact) mass is 257 g/mol. The summed E-state index contributed by atoms with van der Waals surface area (Å²) in [5.41, 5.74) is 7.52. The van der Waals surface area contributed by atoms with Crippen LogP contribution in [0.1, 0.15) is 23.5 Å². The Hall–Kier alpha value is -1.87. The minimum Gasteiger partial charge on any atom is -0.489 e. The van der Waals surface area contributed by atoms with E-state index < -0.39 is 0 Å². The van der Waals surface area contributed by atoms with Gasteiger partial charge in [-0.05, 0) is 24.1 Å². The molecule has 0 bridgehead atoms. The zero-order valence-corrected chi connectivity index (χ0v) is 10.6. The summed E-state index contributed by atoms with van der Waals surface area (Å²) in [5, 5.41) is 0. The molecule has 0 aromatic heterocycles. The van der Waals surface area contributed by atoms with Crippen molar-refractivity contribution in [1.82, 2.24) is 0 Å². The van der Waals surface area contributed by atoms with Crippen LogP contribution in [0, 0.1) is 5.82 Å². The largest absolute Gasteiger partial charge is 0.489 e. The second-order valence-corrected chi connectivity index (χ2v) is 4.93. The van der Waals surface area contributed by atoms with E-state index in [-0.39, 0.29) is 17.8 Å². The van der Waals surface area contributed by atoms with E-state index in [1.54, 1.807) is 6.07 Å². The SMILES string of the molecule is NC1CC1c1c(F)cccc1OCc1ccccc1. The summed E-state index contributed by atoms with van der Waals surface area (Å²) in [7, 11) is 0. The Kier molecular flexibility index (Phi) is 3.22. The van der Waals surface area contributed by atoms with Gasteiger partial charge in [0.25, 0.3) is 0 Å². The molecule has 0 amide bonds. The van der Waals surface area contributed by atoms with Crippen molar-refractivity contribution in [3.8, 4) is 5.75 Å². The minimum atomic E-state index is -0.219. The van der Waals surface area contributed by atoms with Gasteiger partial charge in [-0.25, -0.2) is 4.39 Å². The fourth-order valence-corrected chi connectivity index (χ4v) is 2.28. The molecule has 2 aromatic rings. The molecule has 1 aliphatic carbocycles. The number of rotatable bonds is 4. The summed E-state index contributed by atoms with van der Waals surface area (Å²) in [4.78, 5) is 0. The van der Waals surface area contributed by atoms with Gasteiger partial charge in [-0.2, -0.15) is 0 Å². The summed E-state index contributed by atoms with van der Waals surface area (Å²) in [6.45, 7) is 0.444. The molecule has 2 N–H and O–H groups in total. The molecule has 0 aliphatic heterocycles. The van der Waals surface area contributed by atoms with Crippen LogP contribution in [0.15, 0.2) is 48.5 Å². The molecule has 0 radical (unpaired) electrons. The van der Waals surface area contributed by atoms with Crippen molar-refractivity contribution in [2.24, 2.45) is 5.73 Å². The zero-order valence-electron chi connectivity index (χ0n) is 10.6. The standard InChI is InChI=1S/C16H16FNO/c17-13-7-4-8-15(16(13)12-9-14(12)18)19-10-11-5-2-1-3-6-11/h1-8,12,14H,9-10,18H2. The van der Waals surface area contributed by atoms with Gasteiger partial charge in [0.05, 0.1) is 0 Å². The quantitative estimate of drug-likeness (QED) is 0.912. The lowest BCUT2D eigenvalue weighted by Gasteiger charge is -2.12. The Morgan fingerprint density at radius 2 is 1.84 bits per heavy atom. The Balaban J connectivity index is 1.79. The Bertz CT molecular complexity index is 570. The summed E-state index contributed by atoms with van der Waals surface area (Å²) >= 11 is 0. The molecule has 19 heavy (non-hydrogen) atoms. The number of ether oxygens (including phenoxy) is 1. The Morgan fingerprint density at radius 3 is 2.53 bits per heavy atom. The molecule has 2 atom stereocenters. The highest BCUT2D eigenvalue weighted by Crippen LogP contribution is 2.44. The molecule has 1 fully saturated rings. The number of hydrogen-bond donors (Lipinski definition) is 1. The molecule has 98 valence electrons. The highest BCUT2D eigenvalue weighted by atomic mass is 19.1. The molecule has 3 rings (SSSR count). The minimum absolute atomic E-state index is 0.0657. The van der Waals surface area contributed by atoms with Crippen LogP contribution in [0.5, 0.6) is 5.75 Å². The maximum Gasteiger partial charge on any atom is 0.130 e. The number of halogens is 1. The van der Waals surface area contributed by atoms with Gasteiger partial charge in [0.15, 0.2) is 0 Å². The van der Waals surface area contributed by atoms with Gasteiger partial charge in [0, 0.05) is 17.5 Å². The molecule has 2 unspecified atom stereocenters. The van der Waals surface area contributed by atoms with Gasteiger partial charge in [0.2, 0.25) is 0 Å². The summed E-state index contributed by atoms with van der Waals surface area (Å²) in [5.74, 6) is 0.497. The average Bonchev–Trinajstić information content (AvgIpc) is 3.14. The van der Waals surface area contributed by atoms with E-state index in [4.69, 9.17) is 10.5 Å². The summed E-state index contributed by atoms with van der Waals surface area (Å²) < 4.78 is 19.7. The third-order valence-corrected chi connectivity index (χ3v) is 3.46. The van der Waals surface area contributed by atoms with E-state index in [0.717, 1.165) is 12.0 Å². The van der Waals surface area contributed by atoms with Gasteiger partial charge in [-0.15, -0.1) is 0 Å². The van der Waals surface area contributed by atoms with Crippen molar-refractivity contribution < 1.29 is 9.13 Å². The first kappa shape index (κ1) is 12.2. The summed E-state index contributed by atoms with van der Waals surface area (Å²) in [6.07, 6.45) is 0.836. The number of hydrogen-bond acceptors (Lipinski definition) is 2. The highest BCUT2D eigenvalue weighted by molar-refractivity contribution is 5.42. The van der Waals surface area contributed by atoms with E-state index in [1.165, 1.54) is 6.07 Å². The molecular formula is C16H16FNO. The smallest absolute Gasteiger partial charge is 0.130 e. The molecule has 2 aromatic carbocycles. The van der Waals surface area contributed by atoms with Crippen LogP contribution in [-0.2, 0) is 6.61 Å².